The highest BCUT2D eigenvalue weighted by Gasteiger charge is 2.29. The highest BCUT2D eigenvalue weighted by Crippen LogP contribution is 2.26. The summed E-state index contributed by atoms with van der Waals surface area (Å²) in [6.07, 6.45) is 2.45. The van der Waals surface area contributed by atoms with E-state index in [4.69, 9.17) is 0 Å². The first kappa shape index (κ1) is 20.4. The number of amides is 1. The van der Waals surface area contributed by atoms with E-state index in [9.17, 15) is 13.2 Å². The number of para-hydroxylation sites is 1. The maximum atomic E-state index is 12.6. The van der Waals surface area contributed by atoms with Crippen molar-refractivity contribution in [1.82, 2.24) is 10.2 Å². The first-order valence-electron chi connectivity index (χ1n) is 9.46. The van der Waals surface area contributed by atoms with Gasteiger partial charge in [-0.05, 0) is 69.6 Å². The summed E-state index contributed by atoms with van der Waals surface area (Å²) in [5.41, 5.74) is 1.82. The van der Waals surface area contributed by atoms with Crippen LogP contribution in [0.4, 0.5) is 5.69 Å². The maximum Gasteiger partial charge on any atom is 0.261 e. The van der Waals surface area contributed by atoms with Crippen molar-refractivity contribution in [3.05, 3.63) is 59.7 Å². The molecule has 0 radical (unpaired) electrons. The number of benzene rings is 2. The Morgan fingerprint density at radius 1 is 1.14 bits per heavy atom. The zero-order valence-electron chi connectivity index (χ0n) is 16.5. The molecule has 150 valence electrons. The van der Waals surface area contributed by atoms with Crippen molar-refractivity contribution in [2.45, 2.75) is 43.7 Å². The van der Waals surface area contributed by atoms with Crippen LogP contribution in [0.1, 0.15) is 35.7 Å². The third-order valence-corrected chi connectivity index (χ3v) is 6.57. The van der Waals surface area contributed by atoms with Crippen LogP contribution >= 0.6 is 0 Å². The Kier molecular flexibility index (Phi) is 6.05. The van der Waals surface area contributed by atoms with Crippen LogP contribution in [0.5, 0.6) is 0 Å². The Morgan fingerprint density at radius 3 is 2.39 bits per heavy atom. The molecule has 1 saturated carbocycles. The number of hydrogen-bond donors (Lipinski definition) is 2. The van der Waals surface area contributed by atoms with E-state index >= 15 is 0 Å². The fraction of sp³-hybridized carbons (Fsp3) is 0.381. The summed E-state index contributed by atoms with van der Waals surface area (Å²) < 4.78 is 27.7. The van der Waals surface area contributed by atoms with Crippen molar-refractivity contribution >= 4 is 21.6 Å². The largest absolute Gasteiger partial charge is 0.350 e. The topological polar surface area (TPSA) is 78.5 Å². The SMILES string of the molecule is Cc1ccccc1NS(=O)(=O)c1ccc(C(=O)NCC(C)N(C)C2CC2)cc1. The van der Waals surface area contributed by atoms with Crippen molar-refractivity contribution in [3.8, 4) is 0 Å². The monoisotopic (exact) mass is 401 g/mol. The lowest BCUT2D eigenvalue weighted by Crippen LogP contribution is -2.41. The van der Waals surface area contributed by atoms with Gasteiger partial charge < -0.3 is 5.32 Å². The number of rotatable bonds is 8. The van der Waals surface area contributed by atoms with E-state index in [0.717, 1.165) is 5.56 Å². The molecular formula is C21H27N3O3S. The van der Waals surface area contributed by atoms with Crippen molar-refractivity contribution < 1.29 is 13.2 Å². The van der Waals surface area contributed by atoms with Crippen molar-refractivity contribution in [1.29, 1.82) is 0 Å². The van der Waals surface area contributed by atoms with Gasteiger partial charge in [-0.3, -0.25) is 14.4 Å². The summed E-state index contributed by atoms with van der Waals surface area (Å²) in [5.74, 6) is -0.202. The number of likely N-dealkylation sites (N-methyl/N-ethyl adjacent to an activating group) is 1. The second-order valence-electron chi connectivity index (χ2n) is 7.40. The van der Waals surface area contributed by atoms with Gasteiger partial charge in [0.1, 0.15) is 0 Å². The number of carbonyl (C=O) groups is 1. The molecule has 1 unspecified atom stereocenters. The van der Waals surface area contributed by atoms with Gasteiger partial charge in [-0.2, -0.15) is 0 Å². The summed E-state index contributed by atoms with van der Waals surface area (Å²) in [6, 6.07) is 14.1. The molecule has 0 aliphatic heterocycles. The van der Waals surface area contributed by atoms with E-state index in [1.165, 1.54) is 37.1 Å². The van der Waals surface area contributed by atoms with E-state index in [1.54, 1.807) is 12.1 Å². The van der Waals surface area contributed by atoms with Crippen LogP contribution in [0.2, 0.25) is 0 Å². The Labute approximate surface area is 167 Å². The number of nitrogens with zero attached hydrogens (tertiary/aromatic N) is 1. The van der Waals surface area contributed by atoms with E-state index in [2.05, 4.69) is 28.9 Å². The molecule has 7 heteroatoms. The highest BCUT2D eigenvalue weighted by atomic mass is 32.2. The number of sulfonamides is 1. The predicted octanol–water partition coefficient (Wildman–Crippen LogP) is 3.01. The highest BCUT2D eigenvalue weighted by molar-refractivity contribution is 7.92. The van der Waals surface area contributed by atoms with Gasteiger partial charge in [0.15, 0.2) is 0 Å². The van der Waals surface area contributed by atoms with Crippen LogP contribution < -0.4 is 10.0 Å². The lowest BCUT2D eigenvalue weighted by atomic mass is 10.2. The van der Waals surface area contributed by atoms with Gasteiger partial charge in [0.25, 0.3) is 15.9 Å². The second kappa shape index (κ2) is 8.32. The maximum absolute atomic E-state index is 12.6. The zero-order valence-corrected chi connectivity index (χ0v) is 17.3. The van der Waals surface area contributed by atoms with Gasteiger partial charge in [0.2, 0.25) is 0 Å². The summed E-state index contributed by atoms with van der Waals surface area (Å²) in [5, 5.41) is 2.92. The summed E-state index contributed by atoms with van der Waals surface area (Å²) in [6.45, 7) is 4.49. The average molecular weight is 402 g/mol. The van der Waals surface area contributed by atoms with Gasteiger partial charge in [0.05, 0.1) is 10.6 Å². The smallest absolute Gasteiger partial charge is 0.261 e. The van der Waals surface area contributed by atoms with Crippen LogP contribution in [0, 0.1) is 6.92 Å². The summed E-state index contributed by atoms with van der Waals surface area (Å²) in [7, 11) is -1.63. The van der Waals surface area contributed by atoms with Crippen LogP contribution in [0.15, 0.2) is 53.4 Å². The standard InChI is InChI=1S/C21H27N3O3S/c1-15-6-4-5-7-20(15)23-28(26,27)19-12-8-17(9-13-19)21(25)22-14-16(2)24(3)18-10-11-18/h4-9,12-13,16,18,23H,10-11,14H2,1-3H3,(H,22,25). The second-order valence-corrected chi connectivity index (χ2v) is 9.08. The molecule has 0 spiro atoms. The van der Waals surface area contributed by atoms with Gasteiger partial charge in [-0.25, -0.2) is 8.42 Å². The average Bonchev–Trinajstić information content (AvgIpc) is 3.52. The Bertz CT molecular complexity index is 938. The van der Waals surface area contributed by atoms with Gasteiger partial charge in [0, 0.05) is 24.2 Å². The Morgan fingerprint density at radius 2 is 1.79 bits per heavy atom. The number of carbonyl (C=O) groups excluding carboxylic acids is 1. The van der Waals surface area contributed by atoms with Gasteiger partial charge >= 0.3 is 0 Å². The van der Waals surface area contributed by atoms with Crippen LogP contribution in [0.25, 0.3) is 0 Å². The van der Waals surface area contributed by atoms with E-state index in [1.807, 2.05) is 19.1 Å². The molecule has 1 aliphatic carbocycles. The molecule has 1 fully saturated rings. The first-order chi connectivity index (χ1) is 13.3. The third kappa shape index (κ3) is 4.91. The molecule has 1 amide bonds. The van der Waals surface area contributed by atoms with Crippen molar-refractivity contribution in [3.63, 3.8) is 0 Å². The van der Waals surface area contributed by atoms with E-state index in [-0.39, 0.29) is 16.8 Å². The van der Waals surface area contributed by atoms with Gasteiger partial charge in [-0.1, -0.05) is 18.2 Å². The number of anilines is 1. The molecule has 0 bridgehead atoms. The fourth-order valence-corrected chi connectivity index (χ4v) is 4.14. The minimum atomic E-state index is -3.71. The van der Waals surface area contributed by atoms with Crippen LogP contribution in [-0.4, -0.2) is 44.9 Å². The first-order valence-corrected chi connectivity index (χ1v) is 10.9. The summed E-state index contributed by atoms with van der Waals surface area (Å²) >= 11 is 0. The van der Waals surface area contributed by atoms with Crippen LogP contribution in [0.3, 0.4) is 0 Å². The molecule has 2 aromatic carbocycles. The minimum Gasteiger partial charge on any atom is -0.350 e. The number of hydrogen-bond acceptors (Lipinski definition) is 4. The fourth-order valence-electron chi connectivity index (χ4n) is 3.00. The molecule has 0 heterocycles. The van der Waals surface area contributed by atoms with Crippen molar-refractivity contribution in [2.75, 3.05) is 18.3 Å². The van der Waals surface area contributed by atoms with E-state index in [0.29, 0.717) is 23.8 Å². The van der Waals surface area contributed by atoms with Gasteiger partial charge in [-0.15, -0.1) is 0 Å². The molecule has 2 N–H and O–H groups in total. The molecule has 6 nitrogen and oxygen atoms in total. The third-order valence-electron chi connectivity index (χ3n) is 5.19. The molecule has 28 heavy (non-hydrogen) atoms. The number of aryl methyl sites for hydroxylation is 1. The molecule has 3 rings (SSSR count). The molecule has 1 atom stereocenters. The lowest BCUT2D eigenvalue weighted by molar-refractivity contribution is 0.0939. The molecule has 0 saturated heterocycles. The molecule has 1 aliphatic rings. The molecular weight excluding hydrogens is 374 g/mol. The normalized spacial score (nSPS) is 15.3. The lowest BCUT2D eigenvalue weighted by Gasteiger charge is -2.24. The minimum absolute atomic E-state index is 0.120. The van der Waals surface area contributed by atoms with Crippen molar-refractivity contribution in [2.24, 2.45) is 0 Å². The summed E-state index contributed by atoms with van der Waals surface area (Å²) in [4.78, 5) is 14.8. The quantitative estimate of drug-likeness (QED) is 0.713. The Hall–Kier alpha value is -2.38. The predicted molar refractivity (Wildman–Crippen MR) is 111 cm³/mol. The zero-order chi connectivity index (χ0) is 20.3. The number of nitrogens with one attached hydrogen (secondary N) is 2. The molecule has 2 aromatic rings. The Balaban J connectivity index is 1.62. The van der Waals surface area contributed by atoms with E-state index < -0.39 is 10.0 Å². The van der Waals surface area contributed by atoms with Crippen LogP contribution in [-0.2, 0) is 10.0 Å². The molecule has 0 aromatic heterocycles.